The van der Waals surface area contributed by atoms with Gasteiger partial charge in [-0.15, -0.1) is 0 Å². The quantitative estimate of drug-likeness (QED) is 0.545. The number of carbonyl (C=O) groups is 1. The Morgan fingerprint density at radius 3 is 2.48 bits per heavy atom. The Balaban J connectivity index is 1.74. The number of sulfonamides is 1. The molecule has 0 aliphatic rings. The first kappa shape index (κ1) is 23.3. The van der Waals surface area contributed by atoms with Crippen LogP contribution in [0.25, 0.3) is 0 Å². The summed E-state index contributed by atoms with van der Waals surface area (Å²) < 4.78 is 25.9. The van der Waals surface area contributed by atoms with Gasteiger partial charge in [-0.05, 0) is 43.0 Å². The maximum absolute atomic E-state index is 12.3. The summed E-state index contributed by atoms with van der Waals surface area (Å²) in [6, 6.07) is 15.9. The van der Waals surface area contributed by atoms with Crippen LogP contribution < -0.4 is 9.62 Å². The molecule has 7 heteroatoms. The molecule has 2 aromatic carbocycles. The molecule has 0 atom stereocenters. The lowest BCUT2D eigenvalue weighted by atomic mass is 10.1. The Labute approximate surface area is 178 Å². The predicted molar refractivity (Wildman–Crippen MR) is 123 cm³/mol. The van der Waals surface area contributed by atoms with Crippen LogP contribution in [-0.2, 0) is 20.6 Å². The first-order chi connectivity index (χ1) is 13.8. The van der Waals surface area contributed by atoms with Gasteiger partial charge in [0.25, 0.3) is 0 Å². The maximum Gasteiger partial charge on any atom is 0.232 e. The average molecular weight is 435 g/mol. The van der Waals surface area contributed by atoms with E-state index < -0.39 is 10.0 Å². The Hall–Kier alpha value is -1.99. The van der Waals surface area contributed by atoms with Crippen molar-refractivity contribution < 1.29 is 13.2 Å². The molecule has 0 aliphatic heterocycles. The maximum atomic E-state index is 12.3. The van der Waals surface area contributed by atoms with Crippen LogP contribution in [-0.4, -0.2) is 39.4 Å². The number of amides is 1. The summed E-state index contributed by atoms with van der Waals surface area (Å²) in [7, 11) is -3.41. The smallest absolute Gasteiger partial charge is 0.232 e. The van der Waals surface area contributed by atoms with Crippen LogP contribution in [0.4, 0.5) is 5.69 Å². The summed E-state index contributed by atoms with van der Waals surface area (Å²) in [4.78, 5) is 12.1. The third-order valence-electron chi connectivity index (χ3n) is 4.69. The van der Waals surface area contributed by atoms with E-state index in [-0.39, 0.29) is 5.91 Å². The molecule has 29 heavy (non-hydrogen) atoms. The number of benzene rings is 2. The minimum atomic E-state index is -3.41. The Morgan fingerprint density at radius 2 is 1.79 bits per heavy atom. The van der Waals surface area contributed by atoms with E-state index in [1.165, 1.54) is 16.1 Å². The molecule has 1 N–H and O–H groups in total. The molecular formula is C22H30N2O3S2. The highest BCUT2D eigenvalue weighted by molar-refractivity contribution is 7.98. The minimum Gasteiger partial charge on any atom is -0.355 e. The van der Waals surface area contributed by atoms with E-state index in [2.05, 4.69) is 17.4 Å². The van der Waals surface area contributed by atoms with Crippen molar-refractivity contribution in [1.29, 1.82) is 0 Å². The molecule has 0 radical (unpaired) electrons. The number of hydrogen-bond acceptors (Lipinski definition) is 4. The number of aryl methyl sites for hydroxylation is 1. The number of anilines is 1. The molecule has 0 aliphatic carbocycles. The van der Waals surface area contributed by atoms with Crippen molar-refractivity contribution in [2.75, 3.05) is 29.4 Å². The standard InChI is InChI=1S/C22H30N2O3S2/c1-18-9-7-12-21(19(18)2)24(29(3,26)27)15-8-13-22(25)23-14-16-28-17-20-10-5-4-6-11-20/h4-7,9-12H,8,13-17H2,1-3H3,(H,23,25). The molecule has 5 nitrogen and oxygen atoms in total. The van der Waals surface area contributed by atoms with Gasteiger partial charge in [-0.3, -0.25) is 9.10 Å². The fraction of sp³-hybridized carbons (Fsp3) is 0.409. The zero-order chi connectivity index (χ0) is 21.3. The van der Waals surface area contributed by atoms with Gasteiger partial charge >= 0.3 is 0 Å². The predicted octanol–water partition coefficient (Wildman–Crippen LogP) is 3.90. The second-order valence-electron chi connectivity index (χ2n) is 7.05. The first-order valence-electron chi connectivity index (χ1n) is 9.71. The molecule has 0 unspecified atom stereocenters. The second-order valence-corrected chi connectivity index (χ2v) is 10.1. The highest BCUT2D eigenvalue weighted by Crippen LogP contribution is 2.25. The normalized spacial score (nSPS) is 11.3. The Morgan fingerprint density at radius 1 is 1.07 bits per heavy atom. The van der Waals surface area contributed by atoms with Gasteiger partial charge in [-0.2, -0.15) is 11.8 Å². The van der Waals surface area contributed by atoms with Crippen molar-refractivity contribution in [3.8, 4) is 0 Å². The first-order valence-corrected chi connectivity index (χ1v) is 12.7. The van der Waals surface area contributed by atoms with Crippen molar-refractivity contribution in [2.45, 2.75) is 32.4 Å². The summed E-state index contributed by atoms with van der Waals surface area (Å²) in [6.45, 7) is 4.79. The fourth-order valence-corrected chi connectivity index (χ4v) is 4.80. The summed E-state index contributed by atoms with van der Waals surface area (Å²) in [6.07, 6.45) is 1.99. The monoisotopic (exact) mass is 434 g/mol. The third-order valence-corrected chi connectivity index (χ3v) is 6.90. The molecule has 0 fully saturated rings. The Kier molecular flexibility index (Phi) is 9.04. The highest BCUT2D eigenvalue weighted by atomic mass is 32.2. The van der Waals surface area contributed by atoms with Gasteiger partial charge in [0.05, 0.1) is 11.9 Å². The summed E-state index contributed by atoms with van der Waals surface area (Å²) in [5.41, 5.74) is 3.95. The molecule has 0 bridgehead atoms. The molecule has 2 aromatic rings. The van der Waals surface area contributed by atoms with Gasteiger partial charge in [-0.25, -0.2) is 8.42 Å². The zero-order valence-corrected chi connectivity index (χ0v) is 19.0. The molecule has 158 valence electrons. The molecule has 0 saturated carbocycles. The van der Waals surface area contributed by atoms with Crippen LogP contribution >= 0.6 is 11.8 Å². The topological polar surface area (TPSA) is 66.5 Å². The Bertz CT molecular complexity index is 900. The lowest BCUT2D eigenvalue weighted by Gasteiger charge is -2.24. The fourth-order valence-electron chi connectivity index (χ4n) is 2.97. The van der Waals surface area contributed by atoms with Crippen molar-refractivity contribution in [3.05, 3.63) is 65.2 Å². The van der Waals surface area contributed by atoms with Crippen molar-refractivity contribution in [1.82, 2.24) is 5.32 Å². The molecule has 2 rings (SSSR count). The van der Waals surface area contributed by atoms with Crippen LogP contribution in [0.1, 0.15) is 29.5 Å². The van der Waals surface area contributed by atoms with Crippen LogP contribution in [0.15, 0.2) is 48.5 Å². The van der Waals surface area contributed by atoms with Gasteiger partial charge in [0.2, 0.25) is 15.9 Å². The summed E-state index contributed by atoms with van der Waals surface area (Å²) in [5.74, 6) is 1.73. The van der Waals surface area contributed by atoms with Crippen LogP contribution in [0.5, 0.6) is 0 Å². The van der Waals surface area contributed by atoms with E-state index in [9.17, 15) is 13.2 Å². The lowest BCUT2D eigenvalue weighted by Crippen LogP contribution is -2.33. The summed E-state index contributed by atoms with van der Waals surface area (Å²) >= 11 is 1.78. The number of nitrogens with one attached hydrogen (secondary N) is 1. The lowest BCUT2D eigenvalue weighted by molar-refractivity contribution is -0.121. The molecule has 0 saturated heterocycles. The highest BCUT2D eigenvalue weighted by Gasteiger charge is 2.19. The van der Waals surface area contributed by atoms with Crippen molar-refractivity contribution in [3.63, 3.8) is 0 Å². The summed E-state index contributed by atoms with van der Waals surface area (Å²) in [5, 5.41) is 2.91. The van der Waals surface area contributed by atoms with E-state index >= 15 is 0 Å². The van der Waals surface area contributed by atoms with E-state index in [0.717, 1.165) is 22.6 Å². The van der Waals surface area contributed by atoms with Gasteiger partial charge in [0, 0.05) is 31.0 Å². The molecule has 0 spiro atoms. The van der Waals surface area contributed by atoms with Crippen molar-refractivity contribution in [2.24, 2.45) is 0 Å². The molecular weight excluding hydrogens is 404 g/mol. The number of hydrogen-bond donors (Lipinski definition) is 1. The number of thioether (sulfide) groups is 1. The average Bonchev–Trinajstić information content (AvgIpc) is 2.67. The van der Waals surface area contributed by atoms with Gasteiger partial charge in [0.1, 0.15) is 0 Å². The SMILES string of the molecule is Cc1cccc(N(CCCC(=O)NCCSCc2ccccc2)S(C)(=O)=O)c1C. The second kappa shape index (κ2) is 11.3. The third kappa shape index (κ3) is 7.74. The van der Waals surface area contributed by atoms with Gasteiger partial charge < -0.3 is 5.32 Å². The largest absolute Gasteiger partial charge is 0.355 e. The van der Waals surface area contributed by atoms with E-state index in [0.29, 0.717) is 31.6 Å². The van der Waals surface area contributed by atoms with Crippen LogP contribution in [0.3, 0.4) is 0 Å². The van der Waals surface area contributed by atoms with E-state index in [1.54, 1.807) is 11.8 Å². The zero-order valence-electron chi connectivity index (χ0n) is 17.3. The van der Waals surface area contributed by atoms with Crippen LogP contribution in [0, 0.1) is 13.8 Å². The van der Waals surface area contributed by atoms with Crippen molar-refractivity contribution >= 4 is 33.4 Å². The number of rotatable bonds is 11. The van der Waals surface area contributed by atoms with E-state index in [4.69, 9.17) is 0 Å². The molecule has 1 amide bonds. The molecule has 0 aromatic heterocycles. The molecule has 0 heterocycles. The minimum absolute atomic E-state index is 0.0419. The van der Waals surface area contributed by atoms with E-state index in [1.807, 2.05) is 50.2 Å². The van der Waals surface area contributed by atoms with Crippen LogP contribution in [0.2, 0.25) is 0 Å². The van der Waals surface area contributed by atoms with Gasteiger partial charge in [0.15, 0.2) is 0 Å². The number of carbonyl (C=O) groups excluding carboxylic acids is 1. The number of nitrogens with zero attached hydrogens (tertiary/aromatic N) is 1. The van der Waals surface area contributed by atoms with Gasteiger partial charge in [-0.1, -0.05) is 42.5 Å².